The summed E-state index contributed by atoms with van der Waals surface area (Å²) in [6.45, 7) is 4.79. The Kier molecular flexibility index (Phi) is 8.77. The minimum atomic E-state index is -1.39. The maximum Gasteiger partial charge on any atom is 0.124 e. The molecule has 0 fully saturated rings. The van der Waals surface area contributed by atoms with Gasteiger partial charge in [0.15, 0.2) is 0 Å². The second kappa shape index (κ2) is 11.7. The predicted molar refractivity (Wildman–Crippen MR) is 163 cm³/mol. The van der Waals surface area contributed by atoms with Gasteiger partial charge in [0, 0.05) is 22.2 Å². The summed E-state index contributed by atoms with van der Waals surface area (Å²) in [7, 11) is 5.90. The van der Waals surface area contributed by atoms with E-state index in [4.69, 9.17) is 0 Å². The zero-order valence-electron chi connectivity index (χ0n) is 22.7. The van der Waals surface area contributed by atoms with Crippen molar-refractivity contribution in [3.8, 4) is 0 Å². The number of hydrogen-bond donors (Lipinski definition) is 3. The van der Waals surface area contributed by atoms with E-state index in [1.54, 1.807) is 0 Å². The van der Waals surface area contributed by atoms with Crippen LogP contribution < -0.4 is 10.6 Å². The smallest absolute Gasteiger partial charge is 0.124 e. The maximum absolute atomic E-state index is 14.8. The molecule has 4 rings (SSSR count). The van der Waals surface area contributed by atoms with Crippen molar-refractivity contribution in [2.75, 3.05) is 27.7 Å². The molecule has 0 aromatic heterocycles. The van der Waals surface area contributed by atoms with E-state index in [1.807, 2.05) is 51.6 Å². The summed E-state index contributed by atoms with van der Waals surface area (Å²) in [5.74, 6) is -0.824. The van der Waals surface area contributed by atoms with Crippen LogP contribution in [0.1, 0.15) is 41.5 Å². The van der Waals surface area contributed by atoms with Crippen molar-refractivity contribution in [3.05, 3.63) is 122 Å². The summed E-state index contributed by atoms with van der Waals surface area (Å²) in [5, 5.41) is 19.9. The summed E-state index contributed by atoms with van der Waals surface area (Å²) in [5.41, 5.74) is 3.78. The second-order valence-electron chi connectivity index (χ2n) is 10.6. The van der Waals surface area contributed by atoms with Crippen molar-refractivity contribution in [1.29, 1.82) is 0 Å². The highest BCUT2D eigenvalue weighted by Gasteiger charge is 2.47. The Morgan fingerprint density at radius 3 is 2.37 bits per heavy atom. The Balaban J connectivity index is 1.99. The fourth-order valence-corrected chi connectivity index (χ4v) is 5.80. The molecule has 1 aliphatic heterocycles. The average Bonchev–Trinajstić information content (AvgIpc) is 2.89. The van der Waals surface area contributed by atoms with Crippen molar-refractivity contribution in [3.63, 3.8) is 0 Å². The largest absolute Gasteiger partial charge is 0.384 e. The van der Waals surface area contributed by atoms with Crippen molar-refractivity contribution >= 4 is 28.2 Å². The normalized spacial score (nSPS) is 19.8. The van der Waals surface area contributed by atoms with Gasteiger partial charge in [-0.2, -0.15) is 0 Å². The number of benzene rings is 3. The molecule has 1 heterocycles. The lowest BCUT2D eigenvalue weighted by Crippen LogP contribution is -2.57. The highest BCUT2D eigenvalue weighted by molar-refractivity contribution is 14.1. The standard InChI is InChI=1S/C32H37FIN3O/c1-22-11-13-23(14-12-22)25-17-29(31(2,35-3)36-21-25)30(24-9-7-6-8-10-24)32(38,15-16-37(4)5)26-18-27(33)20-28(34)19-26/h6-14,17-21,30,35-36,38H,15-16H2,1-5H3. The van der Waals surface area contributed by atoms with Crippen LogP contribution in [0.15, 0.2) is 90.6 Å². The van der Waals surface area contributed by atoms with Gasteiger partial charge < -0.3 is 15.3 Å². The van der Waals surface area contributed by atoms with Gasteiger partial charge in [-0.05, 0) is 116 Å². The molecule has 38 heavy (non-hydrogen) atoms. The molecule has 3 atom stereocenters. The first-order valence-electron chi connectivity index (χ1n) is 12.9. The quantitative estimate of drug-likeness (QED) is 0.249. The van der Waals surface area contributed by atoms with E-state index in [2.05, 4.69) is 94.4 Å². The Morgan fingerprint density at radius 1 is 1.08 bits per heavy atom. The zero-order chi connectivity index (χ0) is 27.5. The monoisotopic (exact) mass is 625 g/mol. The molecule has 3 aromatic carbocycles. The van der Waals surface area contributed by atoms with Crippen LogP contribution in [0.5, 0.6) is 0 Å². The molecule has 3 N–H and O–H groups in total. The number of dihydropyridines is 1. The van der Waals surface area contributed by atoms with Crippen LogP contribution in [0.2, 0.25) is 0 Å². The van der Waals surface area contributed by atoms with Crippen LogP contribution in [0.3, 0.4) is 0 Å². The third-order valence-electron chi connectivity index (χ3n) is 7.51. The van der Waals surface area contributed by atoms with E-state index in [0.29, 0.717) is 18.5 Å². The summed E-state index contributed by atoms with van der Waals surface area (Å²) in [6, 6.07) is 23.4. The Hall–Kier alpha value is -2.52. The summed E-state index contributed by atoms with van der Waals surface area (Å²) in [4.78, 5) is 2.06. The van der Waals surface area contributed by atoms with Crippen molar-refractivity contribution in [2.45, 2.75) is 37.5 Å². The van der Waals surface area contributed by atoms with Gasteiger partial charge in [-0.3, -0.25) is 5.32 Å². The summed E-state index contributed by atoms with van der Waals surface area (Å²) >= 11 is 2.12. The molecule has 0 saturated carbocycles. The van der Waals surface area contributed by atoms with E-state index >= 15 is 0 Å². The molecule has 0 amide bonds. The first kappa shape index (κ1) is 28.5. The van der Waals surface area contributed by atoms with Crippen LogP contribution in [0.25, 0.3) is 5.57 Å². The molecule has 0 aliphatic carbocycles. The van der Waals surface area contributed by atoms with E-state index in [0.717, 1.165) is 25.8 Å². The van der Waals surface area contributed by atoms with E-state index in [9.17, 15) is 9.50 Å². The number of aliphatic hydroxyl groups is 1. The highest BCUT2D eigenvalue weighted by Crippen LogP contribution is 2.49. The number of nitrogens with zero attached hydrogens (tertiary/aromatic N) is 1. The number of aryl methyl sites for hydroxylation is 1. The molecule has 4 nitrogen and oxygen atoms in total. The topological polar surface area (TPSA) is 47.5 Å². The van der Waals surface area contributed by atoms with Gasteiger partial charge in [0.05, 0.1) is 0 Å². The summed E-state index contributed by atoms with van der Waals surface area (Å²) < 4.78 is 15.6. The molecule has 200 valence electrons. The molecule has 6 heteroatoms. The maximum atomic E-state index is 14.8. The molecule has 0 bridgehead atoms. The molecule has 0 spiro atoms. The van der Waals surface area contributed by atoms with Crippen molar-refractivity contribution in [2.24, 2.45) is 0 Å². The second-order valence-corrected chi connectivity index (χ2v) is 11.8. The van der Waals surface area contributed by atoms with Gasteiger partial charge in [-0.15, -0.1) is 0 Å². The lowest BCUT2D eigenvalue weighted by molar-refractivity contribution is -0.00146. The molecular formula is C32H37FIN3O. The third-order valence-corrected chi connectivity index (χ3v) is 8.14. The van der Waals surface area contributed by atoms with Crippen LogP contribution in [0.4, 0.5) is 4.39 Å². The SMILES string of the molecule is CNC1(C)NC=C(c2ccc(C)cc2)C=C1C(c1ccccc1)C(O)(CCN(C)C)c1cc(F)cc(I)c1. The number of nitrogens with one attached hydrogen (secondary N) is 2. The minimum Gasteiger partial charge on any atom is -0.384 e. The van der Waals surface area contributed by atoms with E-state index in [-0.39, 0.29) is 5.82 Å². The number of halogens is 2. The molecule has 3 unspecified atom stereocenters. The minimum absolute atomic E-state index is 0.352. The third kappa shape index (κ3) is 6.04. The first-order valence-corrected chi connectivity index (χ1v) is 14.0. The lowest BCUT2D eigenvalue weighted by Gasteiger charge is -2.46. The Bertz CT molecular complexity index is 1300. The van der Waals surface area contributed by atoms with Gasteiger partial charge in [0.25, 0.3) is 0 Å². The first-order chi connectivity index (χ1) is 18.1. The zero-order valence-corrected chi connectivity index (χ0v) is 24.9. The fourth-order valence-electron chi connectivity index (χ4n) is 5.17. The van der Waals surface area contributed by atoms with E-state index in [1.165, 1.54) is 17.7 Å². The van der Waals surface area contributed by atoms with Crippen molar-refractivity contribution in [1.82, 2.24) is 15.5 Å². The number of likely N-dealkylation sites (N-methyl/N-ethyl adjacent to an activating group) is 1. The van der Waals surface area contributed by atoms with Gasteiger partial charge >= 0.3 is 0 Å². The Morgan fingerprint density at radius 2 is 1.76 bits per heavy atom. The molecular weight excluding hydrogens is 588 g/mol. The summed E-state index contributed by atoms with van der Waals surface area (Å²) in [6.07, 6.45) is 4.62. The highest BCUT2D eigenvalue weighted by atomic mass is 127. The number of allylic oxidation sites excluding steroid dienone is 2. The van der Waals surface area contributed by atoms with Gasteiger partial charge in [-0.25, -0.2) is 4.39 Å². The van der Waals surface area contributed by atoms with Crippen LogP contribution in [0, 0.1) is 16.3 Å². The van der Waals surface area contributed by atoms with Crippen LogP contribution in [-0.4, -0.2) is 43.4 Å². The van der Waals surface area contributed by atoms with Gasteiger partial charge in [0.2, 0.25) is 0 Å². The average molecular weight is 626 g/mol. The fraction of sp³-hybridized carbons (Fsp3) is 0.312. The number of rotatable bonds is 9. The number of hydrogen-bond acceptors (Lipinski definition) is 4. The van der Waals surface area contributed by atoms with Gasteiger partial charge in [0.1, 0.15) is 17.1 Å². The van der Waals surface area contributed by atoms with Crippen LogP contribution in [-0.2, 0) is 5.60 Å². The van der Waals surface area contributed by atoms with Crippen LogP contribution >= 0.6 is 22.6 Å². The molecule has 1 aliphatic rings. The molecule has 0 saturated heterocycles. The van der Waals surface area contributed by atoms with Crippen molar-refractivity contribution < 1.29 is 9.50 Å². The Labute approximate surface area is 239 Å². The van der Waals surface area contributed by atoms with Gasteiger partial charge in [-0.1, -0.05) is 60.2 Å². The molecule has 0 radical (unpaired) electrons. The predicted octanol–water partition coefficient (Wildman–Crippen LogP) is 6.17. The van der Waals surface area contributed by atoms with E-state index < -0.39 is 17.2 Å². The lowest BCUT2D eigenvalue weighted by atomic mass is 9.67. The molecule has 3 aromatic rings.